The third-order valence-corrected chi connectivity index (χ3v) is 2.51. The van der Waals surface area contributed by atoms with Gasteiger partial charge in [-0.1, -0.05) is 0 Å². The Labute approximate surface area is 90.4 Å². The molecule has 6 heteroatoms. The minimum atomic E-state index is -0.926. The summed E-state index contributed by atoms with van der Waals surface area (Å²) < 4.78 is 2.48. The Hall–Kier alpha value is -1.04. The van der Waals surface area contributed by atoms with E-state index in [1.807, 2.05) is 0 Å². The lowest BCUT2D eigenvalue weighted by Crippen LogP contribution is -2.28. The van der Waals surface area contributed by atoms with Gasteiger partial charge in [0.25, 0.3) is 0 Å². The van der Waals surface area contributed by atoms with Gasteiger partial charge in [-0.3, -0.25) is 4.68 Å². The van der Waals surface area contributed by atoms with Crippen molar-refractivity contribution in [2.45, 2.75) is 13.5 Å². The largest absolute Gasteiger partial charge is 0.465 e. The number of rotatable bonds is 3. The molecule has 0 fully saturated rings. The average molecular weight is 262 g/mol. The van der Waals surface area contributed by atoms with Crippen molar-refractivity contribution in [3.05, 3.63) is 16.4 Å². The van der Waals surface area contributed by atoms with Crippen molar-refractivity contribution in [1.29, 1.82) is 0 Å². The monoisotopic (exact) mass is 261 g/mol. The van der Waals surface area contributed by atoms with Crippen LogP contribution in [0.2, 0.25) is 0 Å². The first-order valence-corrected chi connectivity index (χ1v) is 4.99. The molecule has 0 aromatic carbocycles. The summed E-state index contributed by atoms with van der Waals surface area (Å²) in [7, 11) is 1.80. The number of hydrogen-bond donors (Lipinski definition) is 1. The molecule has 0 bridgehead atoms. The maximum atomic E-state index is 10.7. The van der Waals surface area contributed by atoms with Gasteiger partial charge in [0.05, 0.1) is 16.7 Å². The summed E-state index contributed by atoms with van der Waals surface area (Å²) in [6, 6.07) is 0. The third-order valence-electron chi connectivity index (χ3n) is 1.85. The zero-order valence-corrected chi connectivity index (χ0v) is 9.65. The van der Waals surface area contributed by atoms with Crippen LogP contribution in [0.5, 0.6) is 0 Å². The molecule has 0 saturated carbocycles. The van der Waals surface area contributed by atoms with Gasteiger partial charge in [0.2, 0.25) is 0 Å². The molecule has 0 radical (unpaired) electrons. The van der Waals surface area contributed by atoms with Crippen molar-refractivity contribution in [1.82, 2.24) is 14.7 Å². The van der Waals surface area contributed by atoms with Crippen LogP contribution in [0, 0.1) is 0 Å². The molecule has 0 aliphatic heterocycles. The highest BCUT2D eigenvalue weighted by Gasteiger charge is 2.13. The van der Waals surface area contributed by atoms with Gasteiger partial charge in [-0.05, 0) is 22.9 Å². The summed E-state index contributed by atoms with van der Waals surface area (Å²) in [4.78, 5) is 12.0. The molecule has 0 unspecified atom stereocenters. The predicted molar refractivity (Wildman–Crippen MR) is 55.0 cm³/mol. The number of nitrogens with zero attached hydrogens (tertiary/aromatic N) is 3. The highest BCUT2D eigenvalue weighted by Crippen LogP contribution is 2.16. The maximum absolute atomic E-state index is 10.7. The summed E-state index contributed by atoms with van der Waals surface area (Å²) >= 11 is 3.32. The second kappa shape index (κ2) is 4.45. The summed E-state index contributed by atoms with van der Waals surface area (Å²) in [5.74, 6) is 0. The fourth-order valence-electron chi connectivity index (χ4n) is 1.11. The van der Waals surface area contributed by atoms with Gasteiger partial charge in [-0.25, -0.2) is 4.79 Å². The van der Waals surface area contributed by atoms with Gasteiger partial charge in [0, 0.05) is 19.8 Å². The van der Waals surface area contributed by atoms with E-state index in [0.717, 1.165) is 10.2 Å². The summed E-state index contributed by atoms with van der Waals surface area (Å²) in [5, 5.41) is 13.0. The SMILES string of the molecule is CCN(Cc1nn(C)cc1Br)C(=O)O. The number of amides is 1. The van der Waals surface area contributed by atoms with E-state index in [2.05, 4.69) is 21.0 Å². The molecule has 0 saturated heterocycles. The van der Waals surface area contributed by atoms with Crippen LogP contribution in [-0.4, -0.2) is 32.4 Å². The second-order valence-electron chi connectivity index (χ2n) is 2.89. The Bertz CT molecular complexity index is 337. The predicted octanol–water partition coefficient (Wildman–Crippen LogP) is 1.68. The highest BCUT2D eigenvalue weighted by molar-refractivity contribution is 9.10. The van der Waals surface area contributed by atoms with Crippen molar-refractivity contribution in [2.24, 2.45) is 7.05 Å². The fraction of sp³-hybridized carbons (Fsp3) is 0.500. The van der Waals surface area contributed by atoms with Crippen LogP contribution >= 0.6 is 15.9 Å². The molecule has 1 aromatic heterocycles. The minimum Gasteiger partial charge on any atom is -0.465 e. The molecule has 1 amide bonds. The van der Waals surface area contributed by atoms with E-state index in [9.17, 15) is 4.79 Å². The number of aromatic nitrogens is 2. The maximum Gasteiger partial charge on any atom is 0.407 e. The molecule has 0 spiro atoms. The summed E-state index contributed by atoms with van der Waals surface area (Å²) in [5.41, 5.74) is 0.733. The molecule has 5 nitrogen and oxygen atoms in total. The van der Waals surface area contributed by atoms with E-state index < -0.39 is 6.09 Å². The van der Waals surface area contributed by atoms with Gasteiger partial charge in [0.15, 0.2) is 0 Å². The first-order chi connectivity index (χ1) is 6.54. The second-order valence-corrected chi connectivity index (χ2v) is 3.75. The van der Waals surface area contributed by atoms with E-state index in [-0.39, 0.29) is 0 Å². The van der Waals surface area contributed by atoms with E-state index in [4.69, 9.17) is 5.11 Å². The third kappa shape index (κ3) is 2.47. The van der Waals surface area contributed by atoms with Crippen molar-refractivity contribution in [3.63, 3.8) is 0 Å². The van der Waals surface area contributed by atoms with Gasteiger partial charge in [-0.2, -0.15) is 5.10 Å². The Balaban J connectivity index is 2.76. The Morgan fingerprint density at radius 2 is 2.43 bits per heavy atom. The zero-order chi connectivity index (χ0) is 10.7. The lowest BCUT2D eigenvalue weighted by Gasteiger charge is -2.15. The molecule has 0 aliphatic carbocycles. The van der Waals surface area contributed by atoms with E-state index in [1.54, 1.807) is 24.9 Å². The van der Waals surface area contributed by atoms with E-state index in [0.29, 0.717) is 13.1 Å². The van der Waals surface area contributed by atoms with Crippen molar-refractivity contribution >= 4 is 22.0 Å². The summed E-state index contributed by atoms with van der Waals surface area (Å²) in [6.45, 7) is 2.57. The van der Waals surface area contributed by atoms with Gasteiger partial charge in [0.1, 0.15) is 0 Å². The van der Waals surface area contributed by atoms with Crippen LogP contribution in [-0.2, 0) is 13.6 Å². The number of carboxylic acid groups (broad SMARTS) is 1. The van der Waals surface area contributed by atoms with Crippen LogP contribution < -0.4 is 0 Å². The molecule has 14 heavy (non-hydrogen) atoms. The quantitative estimate of drug-likeness (QED) is 0.901. The molecular weight excluding hydrogens is 250 g/mol. The first kappa shape index (κ1) is 11.0. The number of halogens is 1. The van der Waals surface area contributed by atoms with Crippen molar-refractivity contribution in [2.75, 3.05) is 6.54 Å². The normalized spacial score (nSPS) is 10.2. The molecule has 1 rings (SSSR count). The van der Waals surface area contributed by atoms with Gasteiger partial charge >= 0.3 is 6.09 Å². The summed E-state index contributed by atoms with van der Waals surface area (Å²) in [6.07, 6.45) is 0.871. The van der Waals surface area contributed by atoms with Crippen LogP contribution in [0.25, 0.3) is 0 Å². The Kier molecular flexibility index (Phi) is 3.51. The number of aryl methyl sites for hydroxylation is 1. The molecule has 0 atom stereocenters. The van der Waals surface area contributed by atoms with Crippen LogP contribution in [0.4, 0.5) is 4.79 Å². The van der Waals surface area contributed by atoms with Gasteiger partial charge in [-0.15, -0.1) is 0 Å². The molecule has 78 valence electrons. The number of hydrogen-bond acceptors (Lipinski definition) is 2. The smallest absolute Gasteiger partial charge is 0.407 e. The standard InChI is InChI=1S/C8H12BrN3O2/c1-3-12(8(13)14)5-7-6(9)4-11(2)10-7/h4H,3,5H2,1-2H3,(H,13,14). The molecular formula is C8H12BrN3O2. The van der Waals surface area contributed by atoms with E-state index in [1.165, 1.54) is 4.90 Å². The molecule has 1 N–H and O–H groups in total. The van der Waals surface area contributed by atoms with E-state index >= 15 is 0 Å². The molecule has 1 heterocycles. The van der Waals surface area contributed by atoms with Gasteiger partial charge < -0.3 is 10.0 Å². The topological polar surface area (TPSA) is 58.4 Å². The number of carbonyl (C=O) groups is 1. The molecule has 1 aromatic rings. The van der Waals surface area contributed by atoms with Crippen LogP contribution in [0.15, 0.2) is 10.7 Å². The van der Waals surface area contributed by atoms with Crippen molar-refractivity contribution in [3.8, 4) is 0 Å². The van der Waals surface area contributed by atoms with Crippen LogP contribution in [0.3, 0.4) is 0 Å². The average Bonchev–Trinajstić information content (AvgIpc) is 2.40. The highest BCUT2D eigenvalue weighted by atomic mass is 79.9. The Morgan fingerprint density at radius 3 is 2.79 bits per heavy atom. The first-order valence-electron chi connectivity index (χ1n) is 4.20. The lowest BCUT2D eigenvalue weighted by atomic mass is 10.4. The Morgan fingerprint density at radius 1 is 1.79 bits per heavy atom. The zero-order valence-electron chi connectivity index (χ0n) is 8.07. The molecule has 0 aliphatic rings. The fourth-order valence-corrected chi connectivity index (χ4v) is 1.61. The van der Waals surface area contributed by atoms with Crippen molar-refractivity contribution < 1.29 is 9.90 Å². The van der Waals surface area contributed by atoms with Crippen LogP contribution in [0.1, 0.15) is 12.6 Å². The minimum absolute atomic E-state index is 0.313. The lowest BCUT2D eigenvalue weighted by molar-refractivity contribution is 0.144.